The van der Waals surface area contributed by atoms with Gasteiger partial charge in [0.05, 0.1) is 0 Å². The molecule has 0 fully saturated rings. The van der Waals surface area contributed by atoms with Crippen molar-refractivity contribution in [3.8, 4) is 11.5 Å². The van der Waals surface area contributed by atoms with Crippen LogP contribution >= 0.6 is 0 Å². The number of hydrogen-bond donors (Lipinski definition) is 0. The first kappa shape index (κ1) is 14.9. The Morgan fingerprint density at radius 3 is 1.64 bits per heavy atom. The number of rotatable bonds is 2. The fourth-order valence-electron chi connectivity index (χ4n) is 2.28. The second-order valence-corrected chi connectivity index (χ2v) is 11.0. The van der Waals surface area contributed by atoms with Crippen molar-refractivity contribution >= 4 is 38.2 Å². The summed E-state index contributed by atoms with van der Waals surface area (Å²) in [6.45, 7) is 2.63. The second-order valence-electron chi connectivity index (χ2n) is 4.65. The molecule has 0 radical (unpaired) electrons. The van der Waals surface area contributed by atoms with Gasteiger partial charge in [-0.1, -0.05) is 0 Å². The van der Waals surface area contributed by atoms with Gasteiger partial charge in [-0.25, -0.2) is 0 Å². The van der Waals surface area contributed by atoms with Crippen molar-refractivity contribution in [2.24, 2.45) is 0 Å². The van der Waals surface area contributed by atoms with Gasteiger partial charge in [-0.05, 0) is 0 Å². The van der Waals surface area contributed by atoms with E-state index in [1.807, 2.05) is 24.3 Å². The van der Waals surface area contributed by atoms with Gasteiger partial charge in [-0.3, -0.25) is 0 Å². The monoisotopic (exact) mass is 416 g/mol. The topological polar surface area (TPSA) is 61.8 Å². The van der Waals surface area contributed by atoms with E-state index in [0.717, 1.165) is 0 Å². The van der Waals surface area contributed by atoms with E-state index in [-0.39, 0.29) is 0 Å². The van der Waals surface area contributed by atoms with E-state index in [1.54, 1.807) is 24.3 Å². The molecule has 22 heavy (non-hydrogen) atoms. The number of ether oxygens (including phenoxy) is 1. The third-order valence-electron chi connectivity index (χ3n) is 2.97. The molecule has 0 N–H and O–H groups in total. The molecule has 0 unspecified atom stereocenters. The molecule has 0 atom stereocenters. The van der Waals surface area contributed by atoms with Gasteiger partial charge in [0.15, 0.2) is 0 Å². The van der Waals surface area contributed by atoms with Crippen LogP contribution in [-0.2, 0) is 15.8 Å². The minimum atomic E-state index is -4.15. The third-order valence-corrected chi connectivity index (χ3v) is 10.9. The Bertz CT molecular complexity index is 692. The van der Waals surface area contributed by atoms with Gasteiger partial charge in [0.1, 0.15) is 0 Å². The fourth-order valence-corrected chi connectivity index (χ4v) is 9.57. The van der Waals surface area contributed by atoms with Crippen LogP contribution in [0.2, 0.25) is 0 Å². The van der Waals surface area contributed by atoms with Crippen molar-refractivity contribution in [1.29, 1.82) is 0 Å². The Morgan fingerprint density at radius 1 is 0.818 bits per heavy atom. The molecule has 0 amide bonds. The normalized spacial score (nSPS) is 15.5. The van der Waals surface area contributed by atoms with Gasteiger partial charge in [0.25, 0.3) is 0 Å². The Kier molecular flexibility index (Phi) is 3.81. The van der Waals surface area contributed by atoms with Crippen LogP contribution in [0, 0.1) is 0 Å². The molecule has 1 heterocycles. The average Bonchev–Trinajstić information content (AvgIpc) is 2.46. The van der Waals surface area contributed by atoms with Crippen molar-refractivity contribution in [2.75, 3.05) is 0 Å². The van der Waals surface area contributed by atoms with Crippen LogP contribution in [0.3, 0.4) is 0 Å². The third kappa shape index (κ3) is 2.45. The van der Waals surface area contributed by atoms with Gasteiger partial charge in [-0.15, -0.1) is 0 Å². The van der Waals surface area contributed by atoms with E-state index >= 15 is 0 Å². The number of benzene rings is 2. The van der Waals surface area contributed by atoms with Gasteiger partial charge in [-0.2, -0.15) is 0 Å². The molecule has 0 saturated carbocycles. The molecule has 0 aliphatic carbocycles. The molecule has 3 rings (SSSR count). The summed E-state index contributed by atoms with van der Waals surface area (Å²) in [5, 5.41) is 0. The van der Waals surface area contributed by atoms with Crippen molar-refractivity contribution in [3.05, 3.63) is 48.5 Å². The Hall–Kier alpha value is -2.03. The number of carbonyl (C=O) groups is 2. The molecule has 0 spiro atoms. The molecule has 0 bridgehead atoms. The molecule has 6 heteroatoms. The Morgan fingerprint density at radius 2 is 1.23 bits per heavy atom. The molecule has 0 saturated heterocycles. The molecule has 2 aromatic rings. The van der Waals surface area contributed by atoms with Crippen LogP contribution in [0.1, 0.15) is 13.8 Å². The predicted octanol–water partition coefficient (Wildman–Crippen LogP) is 1.47. The van der Waals surface area contributed by atoms with E-state index in [4.69, 9.17) is 10.9 Å². The van der Waals surface area contributed by atoms with Gasteiger partial charge >= 0.3 is 133 Å². The molecule has 1 aliphatic heterocycles. The van der Waals surface area contributed by atoms with Crippen LogP contribution in [0.4, 0.5) is 0 Å². The van der Waals surface area contributed by atoms with E-state index in [0.29, 0.717) is 18.7 Å². The van der Waals surface area contributed by atoms with Crippen molar-refractivity contribution in [3.63, 3.8) is 0 Å². The fraction of sp³-hybridized carbons (Fsp3) is 0.125. The van der Waals surface area contributed by atoms with Crippen LogP contribution in [0.15, 0.2) is 48.5 Å². The molecular weight excluding hydrogens is 400 g/mol. The van der Waals surface area contributed by atoms with Crippen LogP contribution in [-0.4, -0.2) is 30.9 Å². The summed E-state index contributed by atoms with van der Waals surface area (Å²) in [5.74, 6) is 0.165. The first-order valence-electron chi connectivity index (χ1n) is 6.62. The second kappa shape index (κ2) is 5.64. The number of para-hydroxylation sites is 2. The SMILES string of the molecule is CC(=O)O[Te]1(OC(C)=O)c2ccccc2Oc2ccccc21. The van der Waals surface area contributed by atoms with Gasteiger partial charge < -0.3 is 0 Å². The van der Waals surface area contributed by atoms with Crippen molar-refractivity contribution in [2.45, 2.75) is 13.8 Å². The summed E-state index contributed by atoms with van der Waals surface area (Å²) in [6, 6.07) is 14.4. The van der Waals surface area contributed by atoms with E-state index in [9.17, 15) is 9.59 Å². The summed E-state index contributed by atoms with van der Waals surface area (Å²) in [4.78, 5) is 23.4. The van der Waals surface area contributed by atoms with Crippen LogP contribution in [0.25, 0.3) is 0 Å². The molecular formula is C16H14O5Te. The maximum absolute atomic E-state index is 11.7. The van der Waals surface area contributed by atoms with Gasteiger partial charge in [0, 0.05) is 0 Å². The standard InChI is InChI=1S/C16H14O5Te/c1-11(17)20-22(21-12(2)18)15-9-5-3-7-13(15)19-14-8-4-6-10-16(14)22/h3-10H,1-2H3. The molecule has 5 nitrogen and oxygen atoms in total. The average molecular weight is 414 g/mol. The summed E-state index contributed by atoms with van der Waals surface area (Å²) in [7, 11) is 0. The predicted molar refractivity (Wildman–Crippen MR) is 81.5 cm³/mol. The number of carbonyl (C=O) groups excluding carboxylic acids is 2. The van der Waals surface area contributed by atoms with Gasteiger partial charge in [0.2, 0.25) is 0 Å². The Labute approximate surface area is 132 Å². The molecule has 114 valence electrons. The van der Waals surface area contributed by atoms with Crippen LogP contribution in [0.5, 0.6) is 11.5 Å². The number of hydrogen-bond acceptors (Lipinski definition) is 5. The Balaban J connectivity index is 2.30. The zero-order chi connectivity index (χ0) is 15.7. The molecule has 1 aliphatic rings. The zero-order valence-electron chi connectivity index (χ0n) is 12.1. The minimum absolute atomic E-state index is 0.478. The van der Waals surface area contributed by atoms with Crippen molar-refractivity contribution in [1.82, 2.24) is 0 Å². The first-order valence-corrected chi connectivity index (χ1v) is 10.9. The molecule has 2 aromatic carbocycles. The van der Waals surface area contributed by atoms with E-state index in [1.165, 1.54) is 13.8 Å². The van der Waals surface area contributed by atoms with E-state index in [2.05, 4.69) is 0 Å². The summed E-state index contributed by atoms with van der Waals surface area (Å²) >= 11 is -4.15. The molecule has 0 aromatic heterocycles. The van der Waals surface area contributed by atoms with Crippen LogP contribution < -0.4 is 12.0 Å². The maximum atomic E-state index is 11.7. The quantitative estimate of drug-likeness (QED) is 0.698. The van der Waals surface area contributed by atoms with Crippen molar-refractivity contribution < 1.29 is 20.5 Å². The summed E-state index contributed by atoms with van der Waals surface area (Å²) in [5.41, 5.74) is 0. The summed E-state index contributed by atoms with van der Waals surface area (Å²) in [6.07, 6.45) is 0. The first-order chi connectivity index (χ1) is 10.5. The zero-order valence-corrected chi connectivity index (χ0v) is 14.4. The number of fused-ring (bicyclic) bond motifs is 2. The van der Waals surface area contributed by atoms with E-state index < -0.39 is 30.9 Å². The summed E-state index contributed by atoms with van der Waals surface area (Å²) < 4.78 is 18.5.